The molecule has 0 aliphatic heterocycles. The second kappa shape index (κ2) is 6.84. The summed E-state index contributed by atoms with van der Waals surface area (Å²) in [5.41, 5.74) is 0.767. The van der Waals surface area contributed by atoms with Crippen LogP contribution in [0.25, 0.3) is 6.08 Å². The van der Waals surface area contributed by atoms with Gasteiger partial charge >= 0.3 is 5.97 Å². The molecule has 1 fully saturated rings. The van der Waals surface area contributed by atoms with E-state index in [2.05, 4.69) is 0 Å². The van der Waals surface area contributed by atoms with Crippen molar-refractivity contribution in [3.05, 3.63) is 46.0 Å². The molecule has 0 N–H and O–H groups in total. The summed E-state index contributed by atoms with van der Waals surface area (Å²) in [5, 5.41) is 10.5. The van der Waals surface area contributed by atoms with E-state index in [1.807, 2.05) is 0 Å². The summed E-state index contributed by atoms with van der Waals surface area (Å²) >= 11 is 0. The molecule has 0 atom stereocenters. The fourth-order valence-corrected chi connectivity index (χ4v) is 2.26. The number of ether oxygens (including phenoxy) is 1. The first kappa shape index (κ1) is 14.2. The van der Waals surface area contributed by atoms with Crippen LogP contribution in [-0.4, -0.2) is 17.0 Å². The molecule has 20 heavy (non-hydrogen) atoms. The monoisotopic (exact) mass is 275 g/mol. The van der Waals surface area contributed by atoms with Crippen LogP contribution in [-0.2, 0) is 9.53 Å². The minimum atomic E-state index is -0.454. The molecule has 0 amide bonds. The lowest BCUT2D eigenvalue weighted by Crippen LogP contribution is -2.19. The summed E-state index contributed by atoms with van der Waals surface area (Å²) in [6, 6.07) is 6.02. The third-order valence-electron chi connectivity index (χ3n) is 3.35. The zero-order valence-corrected chi connectivity index (χ0v) is 11.2. The van der Waals surface area contributed by atoms with E-state index < -0.39 is 4.92 Å². The van der Waals surface area contributed by atoms with Gasteiger partial charge in [-0.25, -0.2) is 4.79 Å². The number of rotatable bonds is 4. The summed E-state index contributed by atoms with van der Waals surface area (Å²) in [5.74, 6) is -0.352. The molecule has 1 aromatic rings. The van der Waals surface area contributed by atoms with Crippen molar-refractivity contribution in [2.45, 2.75) is 38.2 Å². The fraction of sp³-hybridized carbons (Fsp3) is 0.400. The number of hydrogen-bond donors (Lipinski definition) is 0. The first-order valence-corrected chi connectivity index (χ1v) is 6.78. The highest BCUT2D eigenvalue weighted by Crippen LogP contribution is 2.20. The number of esters is 1. The Kier molecular flexibility index (Phi) is 4.87. The number of nitro groups is 1. The third-order valence-corrected chi connectivity index (χ3v) is 3.35. The maximum atomic E-state index is 11.6. The van der Waals surface area contributed by atoms with E-state index in [-0.39, 0.29) is 17.8 Å². The molecule has 0 aromatic heterocycles. The zero-order valence-electron chi connectivity index (χ0n) is 11.2. The highest BCUT2D eigenvalue weighted by atomic mass is 16.6. The highest BCUT2D eigenvalue weighted by Gasteiger charge is 2.16. The average molecular weight is 275 g/mol. The molecule has 1 aliphatic carbocycles. The Morgan fingerprint density at radius 1 is 1.20 bits per heavy atom. The van der Waals surface area contributed by atoms with E-state index in [0.29, 0.717) is 0 Å². The van der Waals surface area contributed by atoms with E-state index >= 15 is 0 Å². The van der Waals surface area contributed by atoms with Gasteiger partial charge in [-0.05, 0) is 49.5 Å². The summed E-state index contributed by atoms with van der Waals surface area (Å²) < 4.78 is 5.34. The summed E-state index contributed by atoms with van der Waals surface area (Å²) in [4.78, 5) is 21.7. The molecule has 0 unspecified atom stereocenters. The molecule has 5 heteroatoms. The molecule has 1 aromatic carbocycles. The maximum Gasteiger partial charge on any atom is 0.331 e. The lowest BCUT2D eigenvalue weighted by molar-refractivity contribution is -0.384. The molecule has 2 rings (SSSR count). The molecular formula is C15H17NO4. The average Bonchev–Trinajstić information content (AvgIpc) is 2.46. The standard InChI is InChI=1S/C15H17NO4/c17-15(20-14-4-2-1-3-5-14)11-8-12-6-9-13(10-7-12)16(18)19/h6-11,14H,1-5H2/b11-8+. The van der Waals surface area contributed by atoms with Gasteiger partial charge < -0.3 is 4.74 Å². The quantitative estimate of drug-likeness (QED) is 0.365. The van der Waals surface area contributed by atoms with E-state index in [9.17, 15) is 14.9 Å². The van der Waals surface area contributed by atoms with Crippen LogP contribution in [0.2, 0.25) is 0 Å². The molecular weight excluding hydrogens is 258 g/mol. The van der Waals surface area contributed by atoms with Crippen molar-refractivity contribution in [3.8, 4) is 0 Å². The second-order valence-electron chi connectivity index (χ2n) is 4.88. The van der Waals surface area contributed by atoms with Crippen molar-refractivity contribution in [1.29, 1.82) is 0 Å². The summed E-state index contributed by atoms with van der Waals surface area (Å²) in [6.07, 6.45) is 8.34. The van der Waals surface area contributed by atoms with Gasteiger partial charge in [-0.3, -0.25) is 10.1 Å². The van der Waals surface area contributed by atoms with Gasteiger partial charge in [-0.1, -0.05) is 6.42 Å². The van der Waals surface area contributed by atoms with E-state index in [1.165, 1.54) is 24.6 Å². The van der Waals surface area contributed by atoms with Crippen LogP contribution in [0.1, 0.15) is 37.7 Å². The Balaban J connectivity index is 1.87. The van der Waals surface area contributed by atoms with Gasteiger partial charge in [0.15, 0.2) is 0 Å². The van der Waals surface area contributed by atoms with Gasteiger partial charge in [0, 0.05) is 18.2 Å². The SMILES string of the molecule is O=C(/C=C/c1ccc([N+](=O)[O-])cc1)OC1CCCCC1. The number of hydrogen-bond acceptors (Lipinski definition) is 4. The first-order valence-electron chi connectivity index (χ1n) is 6.78. The van der Waals surface area contributed by atoms with Crippen LogP contribution < -0.4 is 0 Å². The van der Waals surface area contributed by atoms with Crippen molar-refractivity contribution in [2.24, 2.45) is 0 Å². The van der Waals surface area contributed by atoms with Crippen LogP contribution >= 0.6 is 0 Å². The van der Waals surface area contributed by atoms with Crippen molar-refractivity contribution in [3.63, 3.8) is 0 Å². The predicted molar refractivity (Wildman–Crippen MR) is 75.1 cm³/mol. The number of nitrogens with zero attached hydrogens (tertiary/aromatic N) is 1. The Hall–Kier alpha value is -2.17. The zero-order chi connectivity index (χ0) is 14.4. The van der Waals surface area contributed by atoms with E-state index in [1.54, 1.807) is 18.2 Å². The molecule has 0 bridgehead atoms. The van der Waals surface area contributed by atoms with Gasteiger partial charge in [-0.2, -0.15) is 0 Å². The number of carbonyl (C=O) groups excluding carboxylic acids is 1. The lowest BCUT2D eigenvalue weighted by Gasteiger charge is -2.20. The molecule has 0 saturated heterocycles. The van der Waals surface area contributed by atoms with Crippen LogP contribution in [0.3, 0.4) is 0 Å². The normalized spacial score (nSPS) is 16.2. The maximum absolute atomic E-state index is 11.6. The highest BCUT2D eigenvalue weighted by molar-refractivity contribution is 5.87. The molecule has 0 heterocycles. The van der Waals surface area contributed by atoms with Crippen molar-refractivity contribution in [1.82, 2.24) is 0 Å². The lowest BCUT2D eigenvalue weighted by atomic mass is 9.98. The largest absolute Gasteiger partial charge is 0.459 e. The van der Waals surface area contributed by atoms with Crippen molar-refractivity contribution in [2.75, 3.05) is 0 Å². The Bertz CT molecular complexity index is 501. The minimum Gasteiger partial charge on any atom is -0.459 e. The molecule has 0 radical (unpaired) electrons. The fourth-order valence-electron chi connectivity index (χ4n) is 2.26. The van der Waals surface area contributed by atoms with Crippen LogP contribution in [0, 0.1) is 10.1 Å². The summed E-state index contributed by atoms with van der Waals surface area (Å²) in [6.45, 7) is 0. The molecule has 5 nitrogen and oxygen atoms in total. The van der Waals surface area contributed by atoms with Crippen molar-refractivity contribution < 1.29 is 14.5 Å². The molecule has 0 spiro atoms. The van der Waals surface area contributed by atoms with Crippen LogP contribution in [0.5, 0.6) is 0 Å². The first-order chi connectivity index (χ1) is 9.65. The van der Waals surface area contributed by atoms with Gasteiger partial charge in [0.1, 0.15) is 6.10 Å². The van der Waals surface area contributed by atoms with Crippen LogP contribution in [0.15, 0.2) is 30.3 Å². The predicted octanol–water partition coefficient (Wildman–Crippen LogP) is 3.48. The van der Waals surface area contributed by atoms with Crippen LogP contribution in [0.4, 0.5) is 5.69 Å². The Morgan fingerprint density at radius 3 is 2.45 bits per heavy atom. The van der Waals surface area contributed by atoms with Gasteiger partial charge in [0.2, 0.25) is 0 Å². The second-order valence-corrected chi connectivity index (χ2v) is 4.88. The van der Waals surface area contributed by atoms with Gasteiger partial charge in [-0.15, -0.1) is 0 Å². The number of nitro benzene ring substituents is 1. The van der Waals surface area contributed by atoms with Gasteiger partial charge in [0.25, 0.3) is 5.69 Å². The minimum absolute atomic E-state index is 0.0342. The van der Waals surface area contributed by atoms with E-state index in [4.69, 9.17) is 4.74 Å². The van der Waals surface area contributed by atoms with Gasteiger partial charge in [0.05, 0.1) is 4.92 Å². The topological polar surface area (TPSA) is 69.4 Å². The molecule has 106 valence electrons. The van der Waals surface area contributed by atoms with E-state index in [0.717, 1.165) is 31.2 Å². The van der Waals surface area contributed by atoms with Crippen molar-refractivity contribution >= 4 is 17.7 Å². The Labute approximate surface area is 117 Å². The molecule has 1 saturated carbocycles. The Morgan fingerprint density at radius 2 is 1.85 bits per heavy atom. The molecule has 1 aliphatic rings. The summed E-state index contributed by atoms with van der Waals surface area (Å²) in [7, 11) is 0. The third kappa shape index (κ3) is 4.19. The number of non-ortho nitro benzene ring substituents is 1. The number of benzene rings is 1. The smallest absolute Gasteiger partial charge is 0.331 e. The number of carbonyl (C=O) groups is 1.